The first-order valence-corrected chi connectivity index (χ1v) is 4.90. The zero-order chi connectivity index (χ0) is 9.47. The van der Waals surface area contributed by atoms with Crippen LogP contribution < -0.4 is 5.73 Å². The summed E-state index contributed by atoms with van der Waals surface area (Å²) < 4.78 is 0. The van der Waals surface area contributed by atoms with Gasteiger partial charge in [-0.25, -0.2) is 0 Å². The molecule has 3 heteroatoms. The Kier molecular flexibility index (Phi) is 1.91. The largest absolute Gasteiger partial charge is 0.325 e. The lowest BCUT2D eigenvalue weighted by atomic mass is 10.0. The van der Waals surface area contributed by atoms with Crippen LogP contribution in [0.15, 0.2) is 0 Å². The van der Waals surface area contributed by atoms with E-state index in [1.807, 2.05) is 0 Å². The Hall–Kier alpha value is -0.830. The molecule has 1 heterocycles. The van der Waals surface area contributed by atoms with E-state index in [2.05, 4.69) is 24.0 Å². The summed E-state index contributed by atoms with van der Waals surface area (Å²) in [6.45, 7) is 4.13. The third-order valence-electron chi connectivity index (χ3n) is 3.05. The normalized spacial score (nSPS) is 19.0. The van der Waals surface area contributed by atoms with Gasteiger partial charge in [0.05, 0.1) is 5.69 Å². The summed E-state index contributed by atoms with van der Waals surface area (Å²) in [5, 5.41) is 7.17. The monoisotopic (exact) mass is 179 g/mol. The van der Waals surface area contributed by atoms with Crippen molar-refractivity contribution in [2.75, 3.05) is 0 Å². The van der Waals surface area contributed by atoms with Crippen molar-refractivity contribution in [3.8, 4) is 0 Å². The molecular weight excluding hydrogens is 162 g/mol. The Morgan fingerprint density at radius 2 is 2.15 bits per heavy atom. The van der Waals surface area contributed by atoms with Crippen LogP contribution in [0.1, 0.15) is 36.2 Å². The van der Waals surface area contributed by atoms with Gasteiger partial charge in [0, 0.05) is 11.2 Å². The molecule has 1 saturated carbocycles. The Bertz CT molecular complexity index is 290. The van der Waals surface area contributed by atoms with Crippen molar-refractivity contribution in [3.05, 3.63) is 17.0 Å². The van der Waals surface area contributed by atoms with Crippen molar-refractivity contribution < 1.29 is 0 Å². The molecule has 3 nitrogen and oxygen atoms in total. The average Bonchev–Trinajstić information content (AvgIpc) is 2.72. The zero-order valence-corrected chi connectivity index (χ0v) is 8.35. The average molecular weight is 179 g/mol. The second kappa shape index (κ2) is 2.84. The molecule has 1 fully saturated rings. The van der Waals surface area contributed by atoms with Crippen LogP contribution in [0.3, 0.4) is 0 Å². The van der Waals surface area contributed by atoms with Crippen molar-refractivity contribution in [3.63, 3.8) is 0 Å². The molecule has 0 unspecified atom stereocenters. The van der Waals surface area contributed by atoms with Crippen molar-refractivity contribution in [2.24, 2.45) is 5.73 Å². The summed E-state index contributed by atoms with van der Waals surface area (Å²) in [5.74, 6) is 0. The molecule has 0 aliphatic heterocycles. The van der Waals surface area contributed by atoms with Crippen LogP contribution in [0.5, 0.6) is 0 Å². The highest BCUT2D eigenvalue weighted by Crippen LogP contribution is 2.36. The Labute approximate surface area is 78.7 Å². The first-order valence-electron chi connectivity index (χ1n) is 4.90. The number of nitrogens with zero attached hydrogens (tertiary/aromatic N) is 1. The molecule has 0 atom stereocenters. The van der Waals surface area contributed by atoms with Crippen LogP contribution in [0.25, 0.3) is 0 Å². The molecule has 0 spiro atoms. The Morgan fingerprint density at radius 3 is 2.62 bits per heavy atom. The summed E-state index contributed by atoms with van der Waals surface area (Å²) in [4.78, 5) is 0. The number of rotatable bonds is 3. The maximum Gasteiger partial charge on any atom is 0.0625 e. The van der Waals surface area contributed by atoms with E-state index in [9.17, 15) is 0 Å². The highest BCUT2D eigenvalue weighted by Gasteiger charge is 2.37. The Morgan fingerprint density at radius 1 is 1.46 bits per heavy atom. The third kappa shape index (κ3) is 1.75. The van der Waals surface area contributed by atoms with E-state index in [1.54, 1.807) is 0 Å². The topological polar surface area (TPSA) is 54.7 Å². The minimum atomic E-state index is 0.163. The fourth-order valence-electron chi connectivity index (χ4n) is 1.73. The molecule has 72 valence electrons. The van der Waals surface area contributed by atoms with Crippen LogP contribution in [-0.4, -0.2) is 15.7 Å². The van der Waals surface area contributed by atoms with E-state index in [4.69, 9.17) is 5.73 Å². The van der Waals surface area contributed by atoms with E-state index in [1.165, 1.54) is 24.1 Å². The molecule has 0 bridgehead atoms. The van der Waals surface area contributed by atoms with Gasteiger partial charge in [-0.15, -0.1) is 0 Å². The maximum atomic E-state index is 6.03. The number of aromatic amines is 1. The summed E-state index contributed by atoms with van der Waals surface area (Å²) >= 11 is 0. The van der Waals surface area contributed by atoms with Gasteiger partial charge >= 0.3 is 0 Å². The first kappa shape index (κ1) is 8.75. The molecule has 3 N–H and O–H groups in total. The fraction of sp³-hybridized carbons (Fsp3) is 0.700. The number of H-pyrrole nitrogens is 1. The quantitative estimate of drug-likeness (QED) is 0.738. The van der Waals surface area contributed by atoms with E-state index in [0.717, 1.165) is 18.5 Å². The lowest BCUT2D eigenvalue weighted by Crippen LogP contribution is -2.22. The van der Waals surface area contributed by atoms with Crippen molar-refractivity contribution in [1.82, 2.24) is 10.2 Å². The molecule has 1 aromatic rings. The number of nitrogens with two attached hydrogens (primary N) is 1. The van der Waals surface area contributed by atoms with Crippen LogP contribution in [0, 0.1) is 13.8 Å². The molecule has 13 heavy (non-hydrogen) atoms. The van der Waals surface area contributed by atoms with Crippen molar-refractivity contribution >= 4 is 0 Å². The SMILES string of the molecule is Cc1n[nH]c(C)c1CCC1(N)CC1. The predicted molar refractivity (Wildman–Crippen MR) is 52.5 cm³/mol. The number of hydrogen-bond donors (Lipinski definition) is 2. The second-order valence-corrected chi connectivity index (χ2v) is 4.27. The molecular formula is C10H17N3. The number of hydrogen-bond acceptors (Lipinski definition) is 2. The summed E-state index contributed by atoms with van der Waals surface area (Å²) in [6, 6.07) is 0. The van der Waals surface area contributed by atoms with Gasteiger partial charge < -0.3 is 5.73 Å². The van der Waals surface area contributed by atoms with Crippen molar-refractivity contribution in [2.45, 2.75) is 45.1 Å². The number of aryl methyl sites for hydroxylation is 2. The van der Waals surface area contributed by atoms with E-state index < -0.39 is 0 Å². The molecule has 0 saturated heterocycles. The van der Waals surface area contributed by atoms with Gasteiger partial charge in [0.25, 0.3) is 0 Å². The summed E-state index contributed by atoms with van der Waals surface area (Å²) in [6.07, 6.45) is 4.57. The highest BCUT2D eigenvalue weighted by molar-refractivity contribution is 5.24. The first-order chi connectivity index (χ1) is 6.11. The lowest BCUT2D eigenvalue weighted by molar-refractivity contribution is 0.607. The van der Waals surface area contributed by atoms with Gasteiger partial charge in [-0.05, 0) is 45.1 Å². The fourth-order valence-corrected chi connectivity index (χ4v) is 1.73. The molecule has 0 aromatic carbocycles. The van der Waals surface area contributed by atoms with Gasteiger partial charge in [0.15, 0.2) is 0 Å². The third-order valence-corrected chi connectivity index (χ3v) is 3.05. The molecule has 1 aliphatic rings. The van der Waals surface area contributed by atoms with E-state index >= 15 is 0 Å². The maximum absolute atomic E-state index is 6.03. The van der Waals surface area contributed by atoms with Crippen LogP contribution in [-0.2, 0) is 6.42 Å². The van der Waals surface area contributed by atoms with Gasteiger partial charge in [-0.3, -0.25) is 5.10 Å². The van der Waals surface area contributed by atoms with Gasteiger partial charge in [-0.2, -0.15) is 5.10 Å². The van der Waals surface area contributed by atoms with Crippen LogP contribution in [0.2, 0.25) is 0 Å². The van der Waals surface area contributed by atoms with E-state index in [0.29, 0.717) is 0 Å². The zero-order valence-electron chi connectivity index (χ0n) is 8.35. The lowest BCUT2D eigenvalue weighted by Gasteiger charge is -2.07. The minimum absolute atomic E-state index is 0.163. The van der Waals surface area contributed by atoms with E-state index in [-0.39, 0.29) is 5.54 Å². The van der Waals surface area contributed by atoms with Crippen LogP contribution in [0.4, 0.5) is 0 Å². The van der Waals surface area contributed by atoms with Gasteiger partial charge in [-0.1, -0.05) is 0 Å². The number of aromatic nitrogens is 2. The van der Waals surface area contributed by atoms with Crippen molar-refractivity contribution in [1.29, 1.82) is 0 Å². The molecule has 1 aromatic heterocycles. The van der Waals surface area contributed by atoms with Crippen LogP contribution >= 0.6 is 0 Å². The number of nitrogens with one attached hydrogen (secondary N) is 1. The predicted octanol–water partition coefficient (Wildman–Crippen LogP) is 1.45. The smallest absolute Gasteiger partial charge is 0.0625 e. The Balaban J connectivity index is 2.00. The molecule has 1 aliphatic carbocycles. The standard InChI is InChI=1S/C10H17N3/c1-7-9(8(2)13-12-7)3-4-10(11)5-6-10/h3-6,11H2,1-2H3,(H,12,13). The molecule has 0 radical (unpaired) electrons. The highest BCUT2D eigenvalue weighted by atomic mass is 15.1. The van der Waals surface area contributed by atoms with Gasteiger partial charge in [0.1, 0.15) is 0 Å². The minimum Gasteiger partial charge on any atom is -0.325 e. The summed E-state index contributed by atoms with van der Waals surface area (Å²) in [5.41, 5.74) is 9.88. The summed E-state index contributed by atoms with van der Waals surface area (Å²) in [7, 11) is 0. The molecule has 0 amide bonds. The van der Waals surface area contributed by atoms with Gasteiger partial charge in [0.2, 0.25) is 0 Å². The second-order valence-electron chi connectivity index (χ2n) is 4.27. The molecule has 2 rings (SSSR count).